The molecule has 1 aromatic heterocycles. The minimum Gasteiger partial charge on any atom is -0.367 e. The number of hydrogen-bond donors (Lipinski definition) is 2. The highest BCUT2D eigenvalue weighted by molar-refractivity contribution is 5.07. The van der Waals surface area contributed by atoms with Crippen LogP contribution in [0.25, 0.3) is 0 Å². The Morgan fingerprint density at radius 3 is 3.13 bits per heavy atom. The maximum atomic E-state index is 3.56. The summed E-state index contributed by atoms with van der Waals surface area (Å²) in [6.45, 7) is 4.59. The molecule has 0 amide bonds. The quantitative estimate of drug-likeness (QED) is 0.779. The van der Waals surface area contributed by atoms with E-state index in [9.17, 15) is 0 Å². The van der Waals surface area contributed by atoms with E-state index in [1.165, 1.54) is 37.8 Å². The van der Waals surface area contributed by atoms with Crippen molar-refractivity contribution < 1.29 is 0 Å². The summed E-state index contributed by atoms with van der Waals surface area (Å²) >= 11 is 0. The average Bonchev–Trinajstić information content (AvgIpc) is 2.71. The van der Waals surface area contributed by atoms with E-state index in [0.29, 0.717) is 0 Å². The first kappa shape index (κ1) is 10.7. The summed E-state index contributed by atoms with van der Waals surface area (Å²) in [7, 11) is 0. The molecule has 1 aromatic rings. The first-order valence-corrected chi connectivity index (χ1v) is 6.17. The zero-order valence-electron chi connectivity index (χ0n) is 9.63. The van der Waals surface area contributed by atoms with Gasteiger partial charge in [-0.15, -0.1) is 0 Å². The van der Waals surface area contributed by atoms with Gasteiger partial charge < -0.3 is 10.3 Å². The summed E-state index contributed by atoms with van der Waals surface area (Å²) in [4.78, 5) is 3.09. The molecule has 2 unspecified atom stereocenters. The maximum absolute atomic E-state index is 3.56. The Hall–Kier alpha value is -0.760. The second-order valence-electron chi connectivity index (χ2n) is 4.99. The lowest BCUT2D eigenvalue weighted by Gasteiger charge is -2.26. The third kappa shape index (κ3) is 3.38. The van der Waals surface area contributed by atoms with E-state index >= 15 is 0 Å². The van der Waals surface area contributed by atoms with E-state index in [2.05, 4.69) is 29.5 Å². The minimum absolute atomic E-state index is 0.910. The van der Waals surface area contributed by atoms with Crippen molar-refractivity contribution in [1.29, 1.82) is 0 Å². The third-order valence-electron chi connectivity index (χ3n) is 3.47. The van der Waals surface area contributed by atoms with Crippen LogP contribution in [-0.4, -0.2) is 11.5 Å². The second kappa shape index (κ2) is 5.36. The molecule has 1 aliphatic carbocycles. The Bertz CT molecular complexity index is 266. The zero-order chi connectivity index (χ0) is 10.5. The molecule has 2 rings (SSSR count). The smallest absolute Gasteiger partial charge is 0.0220 e. The third-order valence-corrected chi connectivity index (χ3v) is 3.47. The average molecular weight is 206 g/mol. The Labute approximate surface area is 92.5 Å². The molecule has 2 atom stereocenters. The van der Waals surface area contributed by atoms with Gasteiger partial charge in [-0.05, 0) is 42.9 Å². The van der Waals surface area contributed by atoms with Crippen LogP contribution in [0.3, 0.4) is 0 Å². The number of rotatable bonds is 4. The van der Waals surface area contributed by atoms with Crippen LogP contribution in [0.4, 0.5) is 0 Å². The molecule has 2 heteroatoms. The van der Waals surface area contributed by atoms with Crippen molar-refractivity contribution in [1.82, 2.24) is 10.3 Å². The topological polar surface area (TPSA) is 27.8 Å². The number of aromatic nitrogens is 1. The van der Waals surface area contributed by atoms with Crippen LogP contribution in [0, 0.1) is 11.8 Å². The first-order valence-electron chi connectivity index (χ1n) is 6.17. The molecular weight excluding hydrogens is 184 g/mol. The minimum atomic E-state index is 0.910. The van der Waals surface area contributed by atoms with Gasteiger partial charge in [0.25, 0.3) is 0 Å². The molecule has 0 bridgehead atoms. The van der Waals surface area contributed by atoms with Crippen molar-refractivity contribution in [3.05, 3.63) is 24.0 Å². The lowest BCUT2D eigenvalue weighted by atomic mass is 9.82. The lowest BCUT2D eigenvalue weighted by molar-refractivity contribution is 0.274. The lowest BCUT2D eigenvalue weighted by Crippen LogP contribution is -2.26. The number of hydrogen-bond acceptors (Lipinski definition) is 1. The monoisotopic (exact) mass is 206 g/mol. The maximum Gasteiger partial charge on any atom is 0.0220 e. The standard InChI is InChI=1S/C13H22N2/c1-11-3-2-4-12(7-11)8-15-10-13-5-6-14-9-13/h5-6,9,11-12,14-15H,2-4,7-8,10H2,1H3. The molecule has 0 aromatic carbocycles. The van der Waals surface area contributed by atoms with Gasteiger partial charge in [0.15, 0.2) is 0 Å². The van der Waals surface area contributed by atoms with Gasteiger partial charge >= 0.3 is 0 Å². The molecule has 15 heavy (non-hydrogen) atoms. The van der Waals surface area contributed by atoms with Gasteiger partial charge in [-0.3, -0.25) is 0 Å². The molecule has 0 saturated heterocycles. The van der Waals surface area contributed by atoms with Crippen LogP contribution in [0.15, 0.2) is 18.5 Å². The second-order valence-corrected chi connectivity index (χ2v) is 4.99. The zero-order valence-corrected chi connectivity index (χ0v) is 9.63. The highest BCUT2D eigenvalue weighted by Gasteiger charge is 2.17. The predicted octanol–water partition coefficient (Wildman–Crippen LogP) is 2.93. The van der Waals surface area contributed by atoms with E-state index < -0.39 is 0 Å². The molecule has 1 heterocycles. The SMILES string of the molecule is CC1CCCC(CNCc2cc[nH]c2)C1. The predicted molar refractivity (Wildman–Crippen MR) is 63.6 cm³/mol. The van der Waals surface area contributed by atoms with Crippen molar-refractivity contribution in [3.63, 3.8) is 0 Å². The Morgan fingerprint density at radius 1 is 1.47 bits per heavy atom. The Kier molecular flexibility index (Phi) is 3.84. The van der Waals surface area contributed by atoms with Crippen molar-refractivity contribution >= 4 is 0 Å². The van der Waals surface area contributed by atoms with E-state index in [4.69, 9.17) is 0 Å². The van der Waals surface area contributed by atoms with Gasteiger partial charge in [-0.1, -0.05) is 19.8 Å². The van der Waals surface area contributed by atoms with E-state index in [0.717, 1.165) is 18.4 Å². The van der Waals surface area contributed by atoms with E-state index in [1.807, 2.05) is 6.20 Å². The summed E-state index contributed by atoms with van der Waals surface area (Å²) in [5.41, 5.74) is 1.36. The molecule has 1 fully saturated rings. The van der Waals surface area contributed by atoms with Gasteiger partial charge in [0, 0.05) is 18.9 Å². The fourth-order valence-corrected chi connectivity index (χ4v) is 2.63. The normalized spacial score (nSPS) is 26.7. The largest absolute Gasteiger partial charge is 0.367 e. The molecule has 0 spiro atoms. The summed E-state index contributed by atoms with van der Waals surface area (Å²) in [5.74, 6) is 1.85. The fraction of sp³-hybridized carbons (Fsp3) is 0.692. The highest BCUT2D eigenvalue weighted by Crippen LogP contribution is 2.27. The van der Waals surface area contributed by atoms with Crippen LogP contribution in [0.1, 0.15) is 38.2 Å². The van der Waals surface area contributed by atoms with Crippen molar-refractivity contribution in [3.8, 4) is 0 Å². The summed E-state index contributed by atoms with van der Waals surface area (Å²) in [6, 6.07) is 2.14. The molecule has 2 N–H and O–H groups in total. The highest BCUT2D eigenvalue weighted by atomic mass is 14.9. The summed E-state index contributed by atoms with van der Waals surface area (Å²) in [6.07, 6.45) is 9.76. The molecule has 2 nitrogen and oxygen atoms in total. The van der Waals surface area contributed by atoms with Crippen LogP contribution in [0.5, 0.6) is 0 Å². The molecule has 1 saturated carbocycles. The van der Waals surface area contributed by atoms with Crippen LogP contribution in [-0.2, 0) is 6.54 Å². The van der Waals surface area contributed by atoms with Gasteiger partial charge in [0.1, 0.15) is 0 Å². The van der Waals surface area contributed by atoms with Crippen molar-refractivity contribution in [2.75, 3.05) is 6.54 Å². The van der Waals surface area contributed by atoms with Gasteiger partial charge in [0.05, 0.1) is 0 Å². The van der Waals surface area contributed by atoms with E-state index in [-0.39, 0.29) is 0 Å². The Morgan fingerprint density at radius 2 is 2.40 bits per heavy atom. The van der Waals surface area contributed by atoms with Crippen molar-refractivity contribution in [2.24, 2.45) is 11.8 Å². The Balaban J connectivity index is 1.65. The van der Waals surface area contributed by atoms with Gasteiger partial charge in [-0.2, -0.15) is 0 Å². The molecular formula is C13H22N2. The fourth-order valence-electron chi connectivity index (χ4n) is 2.63. The molecule has 84 valence electrons. The number of nitrogens with one attached hydrogen (secondary N) is 2. The van der Waals surface area contributed by atoms with E-state index in [1.54, 1.807) is 0 Å². The van der Waals surface area contributed by atoms with Crippen LogP contribution in [0.2, 0.25) is 0 Å². The van der Waals surface area contributed by atoms with Crippen molar-refractivity contribution in [2.45, 2.75) is 39.2 Å². The number of H-pyrrole nitrogens is 1. The van der Waals surface area contributed by atoms with Gasteiger partial charge in [-0.25, -0.2) is 0 Å². The molecule has 0 aliphatic heterocycles. The van der Waals surface area contributed by atoms with Gasteiger partial charge in [0.2, 0.25) is 0 Å². The summed E-state index contributed by atoms with van der Waals surface area (Å²) < 4.78 is 0. The molecule has 0 radical (unpaired) electrons. The van der Waals surface area contributed by atoms with Crippen LogP contribution < -0.4 is 5.32 Å². The summed E-state index contributed by atoms with van der Waals surface area (Å²) in [5, 5.41) is 3.56. The number of aromatic amines is 1. The molecule has 1 aliphatic rings. The van der Waals surface area contributed by atoms with Crippen LogP contribution >= 0.6 is 0 Å². The first-order chi connectivity index (χ1) is 7.34.